The second-order valence-electron chi connectivity index (χ2n) is 8.06. The summed E-state index contributed by atoms with van der Waals surface area (Å²) in [6, 6.07) is 8.39. The quantitative estimate of drug-likeness (QED) is 0.456. The van der Waals surface area contributed by atoms with Crippen molar-refractivity contribution in [2.75, 3.05) is 31.2 Å². The highest BCUT2D eigenvalue weighted by Crippen LogP contribution is 2.31. The lowest BCUT2D eigenvalue weighted by molar-refractivity contribution is 0.175. The Kier molecular flexibility index (Phi) is 5.50. The summed E-state index contributed by atoms with van der Waals surface area (Å²) in [6.45, 7) is 4.24. The van der Waals surface area contributed by atoms with Gasteiger partial charge in [0.05, 0.1) is 16.2 Å². The van der Waals surface area contributed by atoms with Crippen LogP contribution in [0.5, 0.6) is 0 Å². The van der Waals surface area contributed by atoms with E-state index in [0.29, 0.717) is 22.4 Å². The van der Waals surface area contributed by atoms with Gasteiger partial charge >= 0.3 is 0 Å². The first-order valence-corrected chi connectivity index (χ1v) is 10.2. The third-order valence-electron chi connectivity index (χ3n) is 5.40. The predicted octanol–water partition coefficient (Wildman–Crippen LogP) is 4.83. The SMILES string of the molecule is CN1CCCC(C)(C#Cc2cc3ncnc(Nc4cccc(Cl)c4F)c3cc2N)C1. The van der Waals surface area contributed by atoms with Crippen LogP contribution in [-0.4, -0.2) is 35.0 Å². The van der Waals surface area contributed by atoms with Gasteiger partial charge in [-0.05, 0) is 57.6 Å². The number of benzene rings is 2. The predicted molar refractivity (Wildman–Crippen MR) is 120 cm³/mol. The normalized spacial score (nSPS) is 19.3. The van der Waals surface area contributed by atoms with E-state index in [2.05, 4.69) is 46.0 Å². The van der Waals surface area contributed by atoms with E-state index in [1.807, 2.05) is 6.07 Å². The molecule has 1 unspecified atom stereocenters. The smallest absolute Gasteiger partial charge is 0.165 e. The molecule has 3 N–H and O–H groups in total. The molecule has 3 aromatic rings. The van der Waals surface area contributed by atoms with Gasteiger partial charge in [-0.1, -0.05) is 29.5 Å². The molecule has 0 saturated carbocycles. The van der Waals surface area contributed by atoms with E-state index in [1.54, 1.807) is 18.2 Å². The number of hydrogen-bond donors (Lipinski definition) is 2. The number of likely N-dealkylation sites (tertiary alicyclic amines) is 1. The lowest BCUT2D eigenvalue weighted by Crippen LogP contribution is -2.38. The van der Waals surface area contributed by atoms with E-state index in [0.717, 1.165) is 31.5 Å². The van der Waals surface area contributed by atoms with Crippen LogP contribution in [0.2, 0.25) is 5.02 Å². The van der Waals surface area contributed by atoms with Gasteiger partial charge in [-0.3, -0.25) is 0 Å². The number of nitrogens with two attached hydrogens (primary N) is 1. The Hall–Kier alpha value is -2.88. The van der Waals surface area contributed by atoms with Crippen LogP contribution in [-0.2, 0) is 0 Å². The first-order chi connectivity index (χ1) is 14.3. The summed E-state index contributed by atoms with van der Waals surface area (Å²) in [7, 11) is 2.12. The Morgan fingerprint density at radius 2 is 2.13 bits per heavy atom. The van der Waals surface area contributed by atoms with E-state index in [-0.39, 0.29) is 16.1 Å². The topological polar surface area (TPSA) is 67.1 Å². The van der Waals surface area contributed by atoms with Crippen LogP contribution >= 0.6 is 11.6 Å². The Morgan fingerprint density at radius 1 is 1.30 bits per heavy atom. The summed E-state index contributed by atoms with van der Waals surface area (Å²) in [5.74, 6) is 6.60. The molecule has 0 bridgehead atoms. The number of nitrogens with one attached hydrogen (secondary N) is 1. The minimum Gasteiger partial charge on any atom is -0.398 e. The van der Waals surface area contributed by atoms with Gasteiger partial charge in [-0.2, -0.15) is 0 Å². The Bertz CT molecular complexity index is 1170. The maximum Gasteiger partial charge on any atom is 0.165 e. The maximum absolute atomic E-state index is 14.3. The Morgan fingerprint density at radius 3 is 2.93 bits per heavy atom. The molecule has 30 heavy (non-hydrogen) atoms. The summed E-state index contributed by atoms with van der Waals surface area (Å²) >= 11 is 5.88. The largest absolute Gasteiger partial charge is 0.398 e. The van der Waals surface area contributed by atoms with Gasteiger partial charge in [0, 0.05) is 28.6 Å². The average molecular weight is 424 g/mol. The molecule has 1 atom stereocenters. The zero-order valence-electron chi connectivity index (χ0n) is 17.0. The fraction of sp³-hybridized carbons (Fsp3) is 0.304. The molecule has 4 rings (SSSR count). The number of piperidine rings is 1. The van der Waals surface area contributed by atoms with Gasteiger partial charge in [-0.25, -0.2) is 14.4 Å². The molecule has 1 aromatic heterocycles. The molecule has 0 spiro atoms. The molecule has 1 aliphatic heterocycles. The third kappa shape index (κ3) is 4.18. The summed E-state index contributed by atoms with van der Waals surface area (Å²) in [5.41, 5.74) is 8.42. The number of aromatic nitrogens is 2. The van der Waals surface area contributed by atoms with Gasteiger partial charge in [0.1, 0.15) is 12.1 Å². The van der Waals surface area contributed by atoms with Crippen molar-refractivity contribution in [3.8, 4) is 11.8 Å². The number of rotatable bonds is 2. The zero-order chi connectivity index (χ0) is 21.3. The van der Waals surface area contributed by atoms with Crippen LogP contribution < -0.4 is 11.1 Å². The summed E-state index contributed by atoms with van der Waals surface area (Å²) in [5, 5.41) is 3.71. The molecule has 0 radical (unpaired) electrons. The third-order valence-corrected chi connectivity index (χ3v) is 5.69. The molecule has 1 aliphatic rings. The average Bonchev–Trinajstić information content (AvgIpc) is 2.70. The lowest BCUT2D eigenvalue weighted by atomic mass is 9.82. The van der Waals surface area contributed by atoms with Crippen LogP contribution in [0.3, 0.4) is 0 Å². The van der Waals surface area contributed by atoms with Gasteiger partial charge in [-0.15, -0.1) is 0 Å². The second kappa shape index (κ2) is 8.10. The highest BCUT2D eigenvalue weighted by molar-refractivity contribution is 6.31. The Labute approximate surface area is 180 Å². The van der Waals surface area contributed by atoms with E-state index in [1.165, 1.54) is 12.4 Å². The van der Waals surface area contributed by atoms with Gasteiger partial charge in [0.25, 0.3) is 0 Å². The molecular weight excluding hydrogens is 401 g/mol. The number of anilines is 3. The summed E-state index contributed by atoms with van der Waals surface area (Å²) in [6.07, 6.45) is 3.63. The van der Waals surface area contributed by atoms with Crippen molar-refractivity contribution in [2.45, 2.75) is 19.8 Å². The molecule has 0 aliphatic carbocycles. The molecule has 5 nitrogen and oxygen atoms in total. The van der Waals surface area contributed by atoms with Gasteiger partial charge < -0.3 is 16.0 Å². The van der Waals surface area contributed by atoms with Crippen LogP contribution in [0.15, 0.2) is 36.7 Å². The van der Waals surface area contributed by atoms with Crippen molar-refractivity contribution in [3.63, 3.8) is 0 Å². The van der Waals surface area contributed by atoms with Crippen molar-refractivity contribution in [3.05, 3.63) is 53.1 Å². The standard InChI is InChI=1S/C23H23ClFN5/c1-23(8-4-10-30(2)13-23)9-7-15-11-20-16(12-18(15)26)22(28-14-27-20)29-19-6-3-5-17(24)21(19)25/h3,5-6,11-12,14H,4,8,10,13,26H2,1-2H3,(H,27,28,29). The molecule has 0 amide bonds. The molecule has 1 fully saturated rings. The van der Waals surface area contributed by atoms with Crippen molar-refractivity contribution < 1.29 is 4.39 Å². The maximum atomic E-state index is 14.3. The molecule has 2 heterocycles. The fourth-order valence-corrected chi connectivity index (χ4v) is 4.04. The molecule has 1 saturated heterocycles. The van der Waals surface area contributed by atoms with E-state index in [9.17, 15) is 4.39 Å². The van der Waals surface area contributed by atoms with Gasteiger partial charge in [0.2, 0.25) is 0 Å². The number of hydrogen-bond acceptors (Lipinski definition) is 5. The minimum absolute atomic E-state index is 0.0392. The highest BCUT2D eigenvalue weighted by atomic mass is 35.5. The summed E-state index contributed by atoms with van der Waals surface area (Å²) < 4.78 is 14.3. The van der Waals surface area contributed by atoms with Crippen molar-refractivity contribution >= 4 is 39.7 Å². The van der Waals surface area contributed by atoms with Crippen LogP contribution in [0.25, 0.3) is 10.9 Å². The number of nitrogen functional groups attached to an aromatic ring is 1. The second-order valence-corrected chi connectivity index (χ2v) is 8.46. The van der Waals surface area contributed by atoms with Crippen molar-refractivity contribution in [2.24, 2.45) is 5.41 Å². The van der Waals surface area contributed by atoms with E-state index in [4.69, 9.17) is 17.3 Å². The highest BCUT2D eigenvalue weighted by Gasteiger charge is 2.27. The Balaban J connectivity index is 1.69. The molecule has 7 heteroatoms. The minimum atomic E-state index is -0.535. The lowest BCUT2D eigenvalue weighted by Gasteiger charge is -2.34. The monoisotopic (exact) mass is 423 g/mol. The first-order valence-electron chi connectivity index (χ1n) is 9.82. The fourth-order valence-electron chi connectivity index (χ4n) is 3.87. The first kappa shape index (κ1) is 20.4. The van der Waals surface area contributed by atoms with Crippen molar-refractivity contribution in [1.29, 1.82) is 0 Å². The van der Waals surface area contributed by atoms with Crippen LogP contribution in [0, 0.1) is 23.1 Å². The molecule has 2 aromatic carbocycles. The van der Waals surface area contributed by atoms with E-state index >= 15 is 0 Å². The van der Waals surface area contributed by atoms with Crippen LogP contribution in [0.4, 0.5) is 21.6 Å². The van der Waals surface area contributed by atoms with Gasteiger partial charge in [0.15, 0.2) is 5.82 Å². The number of fused-ring (bicyclic) bond motifs is 1. The molecular formula is C23H23ClFN5. The number of halogens is 2. The molecule has 154 valence electrons. The zero-order valence-corrected chi connectivity index (χ0v) is 17.7. The number of nitrogens with zero attached hydrogens (tertiary/aromatic N) is 3. The van der Waals surface area contributed by atoms with E-state index < -0.39 is 5.82 Å². The summed E-state index contributed by atoms with van der Waals surface area (Å²) in [4.78, 5) is 10.9. The van der Waals surface area contributed by atoms with Crippen molar-refractivity contribution in [1.82, 2.24) is 14.9 Å². The van der Waals surface area contributed by atoms with Crippen LogP contribution in [0.1, 0.15) is 25.3 Å².